The number of nitrogens with one attached hydrogen (secondary N) is 5. The molecule has 0 unspecified atom stereocenters. The zero-order chi connectivity index (χ0) is 20.5. The Morgan fingerprint density at radius 2 is 1.31 bits per heavy atom. The second-order valence-corrected chi connectivity index (χ2v) is 7.94. The van der Waals surface area contributed by atoms with Crippen molar-refractivity contribution in [1.82, 2.24) is 26.6 Å². The Kier molecular flexibility index (Phi) is 9.82. The molecule has 0 bridgehead atoms. The second-order valence-electron chi connectivity index (χ2n) is 7.94. The summed E-state index contributed by atoms with van der Waals surface area (Å²) in [4.78, 5) is 35.7. The summed E-state index contributed by atoms with van der Waals surface area (Å²) in [6.07, 6.45) is -1.25. The van der Waals surface area contributed by atoms with Crippen LogP contribution in [0.15, 0.2) is 0 Å². The first-order valence-corrected chi connectivity index (χ1v) is 8.92. The highest BCUT2D eigenvalue weighted by atomic mass is 16.6. The fraction of sp³-hybridized carbons (Fsp3) is 0.824. The van der Waals surface area contributed by atoms with E-state index in [4.69, 9.17) is 4.74 Å². The van der Waals surface area contributed by atoms with Crippen LogP contribution in [0.5, 0.6) is 0 Å². The molecular weight excluding hydrogens is 338 g/mol. The number of carbonyl (C=O) groups is 3. The van der Waals surface area contributed by atoms with Crippen LogP contribution >= 0.6 is 0 Å². The van der Waals surface area contributed by atoms with E-state index in [-0.39, 0.29) is 18.0 Å². The Morgan fingerprint density at radius 1 is 0.808 bits per heavy atom. The van der Waals surface area contributed by atoms with Gasteiger partial charge in [-0.1, -0.05) is 13.8 Å². The zero-order valence-corrected chi connectivity index (χ0v) is 17.1. The molecule has 0 aliphatic heterocycles. The maximum Gasteiger partial charge on any atom is 0.409 e. The molecule has 0 aliphatic rings. The molecule has 0 rings (SSSR count). The minimum atomic E-state index is -0.644. The van der Waals surface area contributed by atoms with Crippen LogP contribution in [0.1, 0.15) is 61.8 Å². The van der Waals surface area contributed by atoms with Crippen molar-refractivity contribution >= 4 is 18.2 Å². The van der Waals surface area contributed by atoms with Gasteiger partial charge in [-0.15, -0.1) is 0 Å². The van der Waals surface area contributed by atoms with Gasteiger partial charge in [0.15, 0.2) is 0 Å². The van der Waals surface area contributed by atoms with Gasteiger partial charge < -0.3 is 31.3 Å². The van der Waals surface area contributed by atoms with Crippen molar-refractivity contribution in [2.45, 2.75) is 85.8 Å². The number of carbonyl (C=O) groups excluding carboxylic acids is 3. The van der Waals surface area contributed by atoms with Crippen LogP contribution in [-0.2, 0) is 4.74 Å². The second kappa shape index (κ2) is 10.7. The molecule has 0 aliphatic carbocycles. The third-order valence-corrected chi connectivity index (χ3v) is 2.82. The first kappa shape index (κ1) is 23.8. The predicted octanol–water partition coefficient (Wildman–Crippen LogP) is 2.24. The van der Waals surface area contributed by atoms with Crippen LogP contribution in [0.3, 0.4) is 0 Å². The van der Waals surface area contributed by atoms with Crippen molar-refractivity contribution in [3.05, 3.63) is 0 Å². The molecule has 26 heavy (non-hydrogen) atoms. The molecule has 5 amide bonds. The quantitative estimate of drug-likeness (QED) is 0.439. The third-order valence-electron chi connectivity index (χ3n) is 2.82. The van der Waals surface area contributed by atoms with Crippen molar-refractivity contribution in [3.8, 4) is 0 Å². The molecule has 5 N–H and O–H groups in total. The van der Waals surface area contributed by atoms with Crippen LogP contribution in [0.2, 0.25) is 0 Å². The first-order valence-electron chi connectivity index (χ1n) is 8.92. The molecule has 0 saturated carbocycles. The summed E-state index contributed by atoms with van der Waals surface area (Å²) >= 11 is 0. The molecule has 2 atom stereocenters. The van der Waals surface area contributed by atoms with Crippen molar-refractivity contribution in [2.75, 3.05) is 0 Å². The van der Waals surface area contributed by atoms with E-state index < -0.39 is 30.1 Å². The number of amides is 5. The van der Waals surface area contributed by atoms with Crippen LogP contribution < -0.4 is 26.6 Å². The van der Waals surface area contributed by atoms with Gasteiger partial charge in [0.1, 0.15) is 17.9 Å². The van der Waals surface area contributed by atoms with Crippen molar-refractivity contribution in [3.63, 3.8) is 0 Å². The Labute approximate surface area is 156 Å². The van der Waals surface area contributed by atoms with E-state index in [9.17, 15) is 14.4 Å². The lowest BCUT2D eigenvalue weighted by Gasteiger charge is -2.25. The molecule has 0 spiro atoms. The minimum absolute atomic E-state index is 0.0124. The molecule has 0 aromatic rings. The molecule has 0 saturated heterocycles. The molecular formula is C17H35N5O4. The minimum Gasteiger partial charge on any atom is -0.444 e. The zero-order valence-electron chi connectivity index (χ0n) is 17.1. The fourth-order valence-electron chi connectivity index (χ4n) is 2.00. The van der Waals surface area contributed by atoms with E-state index >= 15 is 0 Å². The van der Waals surface area contributed by atoms with Gasteiger partial charge in [0.25, 0.3) is 0 Å². The van der Waals surface area contributed by atoms with E-state index in [2.05, 4.69) is 26.6 Å². The van der Waals surface area contributed by atoms with Gasteiger partial charge in [0.05, 0.1) is 0 Å². The van der Waals surface area contributed by atoms with E-state index in [1.807, 2.05) is 27.7 Å². The molecule has 0 aromatic heterocycles. The highest BCUT2D eigenvalue weighted by Gasteiger charge is 2.20. The van der Waals surface area contributed by atoms with E-state index in [1.54, 1.807) is 27.7 Å². The van der Waals surface area contributed by atoms with Gasteiger partial charge in [0.2, 0.25) is 0 Å². The number of alkyl carbamates (subject to hydrolysis) is 1. The summed E-state index contributed by atoms with van der Waals surface area (Å²) in [7, 11) is 0. The normalized spacial score (nSPS) is 13.6. The summed E-state index contributed by atoms with van der Waals surface area (Å²) < 4.78 is 5.13. The molecule has 0 radical (unpaired) electrons. The van der Waals surface area contributed by atoms with Gasteiger partial charge in [-0.2, -0.15) is 0 Å². The monoisotopic (exact) mass is 373 g/mol. The van der Waals surface area contributed by atoms with Crippen molar-refractivity contribution in [1.29, 1.82) is 0 Å². The largest absolute Gasteiger partial charge is 0.444 e. The highest BCUT2D eigenvalue weighted by molar-refractivity contribution is 5.78. The van der Waals surface area contributed by atoms with E-state index in [0.717, 1.165) is 0 Å². The fourth-order valence-corrected chi connectivity index (χ4v) is 2.00. The lowest BCUT2D eigenvalue weighted by Crippen LogP contribution is -2.57. The average molecular weight is 373 g/mol. The van der Waals surface area contributed by atoms with Gasteiger partial charge in [-0.3, -0.25) is 0 Å². The first-order chi connectivity index (χ1) is 11.8. The maximum atomic E-state index is 12.1. The molecule has 0 aromatic carbocycles. The van der Waals surface area contributed by atoms with Crippen molar-refractivity contribution in [2.24, 2.45) is 5.92 Å². The van der Waals surface area contributed by atoms with Gasteiger partial charge in [0, 0.05) is 6.04 Å². The molecule has 0 fully saturated rings. The maximum absolute atomic E-state index is 12.1. The summed E-state index contributed by atoms with van der Waals surface area (Å²) in [6, 6.07) is -0.878. The Bertz CT molecular complexity index is 474. The van der Waals surface area contributed by atoms with Gasteiger partial charge in [-0.05, 0) is 53.9 Å². The van der Waals surface area contributed by atoms with E-state index in [1.165, 1.54) is 0 Å². The lowest BCUT2D eigenvalue weighted by atomic mass is 10.1. The van der Waals surface area contributed by atoms with Crippen LogP contribution in [-0.4, -0.2) is 42.1 Å². The summed E-state index contributed by atoms with van der Waals surface area (Å²) in [5.41, 5.74) is -0.623. The SMILES string of the molecule is CC(C)C[C@@H](NC(=O)NC(C)C)NC(=O)N[C@H](C)NC(=O)OC(C)(C)C. The number of ether oxygens (including phenoxy) is 1. The average Bonchev–Trinajstić information content (AvgIpc) is 2.32. The van der Waals surface area contributed by atoms with Gasteiger partial charge in [-0.25, -0.2) is 14.4 Å². The Hall–Kier alpha value is -2.19. The smallest absolute Gasteiger partial charge is 0.409 e. The summed E-state index contributed by atoms with van der Waals surface area (Å²) in [5.74, 6) is 0.261. The highest BCUT2D eigenvalue weighted by Crippen LogP contribution is 2.06. The summed E-state index contributed by atoms with van der Waals surface area (Å²) in [5, 5.41) is 13.2. The third kappa shape index (κ3) is 13.1. The van der Waals surface area contributed by atoms with Gasteiger partial charge >= 0.3 is 18.2 Å². The number of hydrogen-bond acceptors (Lipinski definition) is 4. The Morgan fingerprint density at radius 3 is 1.73 bits per heavy atom. The Balaban J connectivity index is 4.54. The standard InChI is InChI=1S/C17H35N5O4/c1-10(2)9-13(21-14(23)18-11(3)4)22-15(24)19-12(5)20-16(25)26-17(6,7)8/h10-13H,9H2,1-8H3,(H,20,25)(H2,18,21,23)(H2,19,22,24)/t12-,13-/m0/s1. The molecule has 9 nitrogen and oxygen atoms in total. The predicted molar refractivity (Wildman–Crippen MR) is 101 cm³/mol. The van der Waals surface area contributed by atoms with Crippen LogP contribution in [0.4, 0.5) is 14.4 Å². The topological polar surface area (TPSA) is 121 Å². The number of rotatable bonds is 7. The molecule has 9 heteroatoms. The lowest BCUT2D eigenvalue weighted by molar-refractivity contribution is 0.0503. The molecule has 0 heterocycles. The van der Waals surface area contributed by atoms with E-state index in [0.29, 0.717) is 6.42 Å². The summed E-state index contributed by atoms with van der Waals surface area (Å²) in [6.45, 7) is 14.5. The number of urea groups is 2. The van der Waals surface area contributed by atoms with Crippen LogP contribution in [0, 0.1) is 5.92 Å². The van der Waals surface area contributed by atoms with Crippen LogP contribution in [0.25, 0.3) is 0 Å². The molecule has 152 valence electrons. The number of hydrogen-bond donors (Lipinski definition) is 5. The van der Waals surface area contributed by atoms with Crippen molar-refractivity contribution < 1.29 is 19.1 Å².